The van der Waals surface area contributed by atoms with E-state index in [2.05, 4.69) is 10.6 Å². The average Bonchev–Trinajstić information content (AvgIpc) is 2.92. The van der Waals surface area contributed by atoms with Crippen LogP contribution in [0.5, 0.6) is 0 Å². The van der Waals surface area contributed by atoms with Gasteiger partial charge in [0.2, 0.25) is 5.91 Å². The highest BCUT2D eigenvalue weighted by atomic mass is 16.2. The van der Waals surface area contributed by atoms with Crippen molar-refractivity contribution < 1.29 is 9.59 Å². The van der Waals surface area contributed by atoms with Crippen molar-refractivity contribution in [2.24, 2.45) is 0 Å². The molecule has 0 saturated carbocycles. The number of anilines is 2. The molecule has 0 aliphatic carbocycles. The Kier molecular flexibility index (Phi) is 4.74. The first-order valence-corrected chi connectivity index (χ1v) is 8.47. The maximum Gasteiger partial charge on any atom is 0.319 e. The number of aryl methyl sites for hydroxylation is 3. The number of benzene rings is 2. The quantitative estimate of drug-likeness (QED) is 0.900. The molecule has 2 N–H and O–H groups in total. The fourth-order valence-corrected chi connectivity index (χ4v) is 2.98. The maximum absolute atomic E-state index is 12.6. The number of carbonyl (C=O) groups is 2. The van der Waals surface area contributed by atoms with Crippen LogP contribution < -0.4 is 15.5 Å². The number of urea groups is 1. The first-order chi connectivity index (χ1) is 11.9. The van der Waals surface area contributed by atoms with Crippen molar-refractivity contribution >= 4 is 23.3 Å². The summed E-state index contributed by atoms with van der Waals surface area (Å²) in [6.07, 6.45) is 0.604. The zero-order chi connectivity index (χ0) is 18.0. The smallest absolute Gasteiger partial charge is 0.319 e. The first-order valence-electron chi connectivity index (χ1n) is 8.47. The highest BCUT2D eigenvalue weighted by Gasteiger charge is 2.33. The Hall–Kier alpha value is -2.82. The Morgan fingerprint density at radius 1 is 1.04 bits per heavy atom. The van der Waals surface area contributed by atoms with Gasteiger partial charge in [0, 0.05) is 17.9 Å². The van der Waals surface area contributed by atoms with Crippen molar-refractivity contribution in [2.45, 2.75) is 33.2 Å². The molecule has 5 nitrogen and oxygen atoms in total. The van der Waals surface area contributed by atoms with Crippen LogP contribution in [0.25, 0.3) is 0 Å². The van der Waals surface area contributed by atoms with Gasteiger partial charge >= 0.3 is 6.03 Å². The molecule has 5 heteroatoms. The fraction of sp³-hybridized carbons (Fsp3) is 0.300. The fourth-order valence-electron chi connectivity index (χ4n) is 2.98. The summed E-state index contributed by atoms with van der Waals surface area (Å²) in [5.41, 5.74) is 4.84. The molecule has 0 spiro atoms. The van der Waals surface area contributed by atoms with E-state index in [9.17, 15) is 9.59 Å². The summed E-state index contributed by atoms with van der Waals surface area (Å²) in [5, 5.41) is 5.63. The summed E-state index contributed by atoms with van der Waals surface area (Å²) in [5.74, 6) is -0.0695. The van der Waals surface area contributed by atoms with E-state index in [-0.39, 0.29) is 11.9 Å². The molecule has 1 atom stereocenters. The van der Waals surface area contributed by atoms with Gasteiger partial charge in [-0.05, 0) is 56.5 Å². The van der Waals surface area contributed by atoms with Crippen LogP contribution in [0.1, 0.15) is 23.1 Å². The number of amides is 3. The van der Waals surface area contributed by atoms with Gasteiger partial charge in [0.05, 0.1) is 0 Å². The maximum atomic E-state index is 12.6. The van der Waals surface area contributed by atoms with Gasteiger partial charge in [-0.3, -0.25) is 4.79 Å². The number of rotatable bonds is 3. The molecule has 25 heavy (non-hydrogen) atoms. The minimum absolute atomic E-state index is 0.0695. The molecule has 0 bridgehead atoms. The van der Waals surface area contributed by atoms with E-state index in [0.29, 0.717) is 13.0 Å². The van der Waals surface area contributed by atoms with Crippen LogP contribution in [0.3, 0.4) is 0 Å². The summed E-state index contributed by atoms with van der Waals surface area (Å²) in [7, 11) is 0. The highest BCUT2D eigenvalue weighted by Crippen LogP contribution is 2.22. The van der Waals surface area contributed by atoms with E-state index in [1.807, 2.05) is 63.2 Å². The number of hydrogen-bond acceptors (Lipinski definition) is 2. The summed E-state index contributed by atoms with van der Waals surface area (Å²) in [6.45, 7) is 6.53. The molecule has 3 rings (SSSR count). The Morgan fingerprint density at radius 2 is 1.72 bits per heavy atom. The normalized spacial score (nSPS) is 16.8. The van der Waals surface area contributed by atoms with Crippen molar-refractivity contribution in [1.82, 2.24) is 5.32 Å². The lowest BCUT2D eigenvalue weighted by Gasteiger charge is -2.18. The molecule has 0 radical (unpaired) electrons. The average molecular weight is 337 g/mol. The van der Waals surface area contributed by atoms with E-state index < -0.39 is 6.04 Å². The lowest BCUT2D eigenvalue weighted by atomic mass is 10.1. The van der Waals surface area contributed by atoms with Gasteiger partial charge in [0.15, 0.2) is 0 Å². The Labute approximate surface area is 148 Å². The standard InChI is InChI=1S/C20H23N3O2/c1-13-5-8-16(9-6-13)23-11-10-17(19(23)24)21-20(25)22-18-12-14(2)4-7-15(18)3/h4-9,12,17H,10-11H2,1-3H3,(H2,21,22,25)/t17-/m0/s1. The molecule has 1 heterocycles. The van der Waals surface area contributed by atoms with Gasteiger partial charge in [0.1, 0.15) is 6.04 Å². The third kappa shape index (κ3) is 3.82. The molecule has 0 unspecified atom stereocenters. The molecular weight excluding hydrogens is 314 g/mol. The van der Waals surface area contributed by atoms with Crippen LogP contribution in [0.2, 0.25) is 0 Å². The summed E-state index contributed by atoms with van der Waals surface area (Å²) < 4.78 is 0. The minimum atomic E-state index is -0.494. The number of carbonyl (C=O) groups excluding carboxylic acids is 2. The second kappa shape index (κ2) is 6.97. The van der Waals surface area contributed by atoms with Crippen molar-refractivity contribution in [3.05, 3.63) is 59.2 Å². The second-order valence-electron chi connectivity index (χ2n) is 6.58. The molecule has 1 fully saturated rings. The third-order valence-electron chi connectivity index (χ3n) is 4.50. The molecule has 2 aromatic carbocycles. The molecule has 130 valence electrons. The van der Waals surface area contributed by atoms with Crippen molar-refractivity contribution in [2.75, 3.05) is 16.8 Å². The number of hydrogen-bond donors (Lipinski definition) is 2. The van der Waals surface area contributed by atoms with Gasteiger partial charge in [-0.15, -0.1) is 0 Å². The van der Waals surface area contributed by atoms with Crippen LogP contribution >= 0.6 is 0 Å². The Bertz CT molecular complexity index is 799. The van der Waals surface area contributed by atoms with Gasteiger partial charge in [-0.1, -0.05) is 29.8 Å². The molecule has 1 saturated heterocycles. The predicted molar refractivity (Wildman–Crippen MR) is 100 cm³/mol. The van der Waals surface area contributed by atoms with E-state index in [1.54, 1.807) is 4.90 Å². The minimum Gasteiger partial charge on any atom is -0.326 e. The third-order valence-corrected chi connectivity index (χ3v) is 4.50. The van der Waals surface area contributed by atoms with Gasteiger partial charge in [-0.25, -0.2) is 4.79 Å². The van der Waals surface area contributed by atoms with Crippen LogP contribution in [0.4, 0.5) is 16.2 Å². The predicted octanol–water partition coefficient (Wildman–Crippen LogP) is 3.54. The largest absolute Gasteiger partial charge is 0.326 e. The van der Waals surface area contributed by atoms with Crippen LogP contribution in [0.15, 0.2) is 42.5 Å². The Balaban J connectivity index is 1.63. The van der Waals surface area contributed by atoms with Crippen LogP contribution in [-0.4, -0.2) is 24.5 Å². The number of nitrogens with one attached hydrogen (secondary N) is 2. The molecule has 2 aromatic rings. The zero-order valence-corrected chi connectivity index (χ0v) is 14.8. The van der Waals surface area contributed by atoms with E-state index in [1.165, 1.54) is 0 Å². The van der Waals surface area contributed by atoms with E-state index in [0.717, 1.165) is 28.1 Å². The monoisotopic (exact) mass is 337 g/mol. The lowest BCUT2D eigenvalue weighted by molar-refractivity contribution is -0.118. The summed E-state index contributed by atoms with van der Waals surface area (Å²) in [6, 6.07) is 12.9. The Morgan fingerprint density at radius 3 is 2.44 bits per heavy atom. The molecule has 1 aliphatic rings. The van der Waals surface area contributed by atoms with Crippen molar-refractivity contribution in [3.63, 3.8) is 0 Å². The van der Waals surface area contributed by atoms with Crippen LogP contribution in [0, 0.1) is 20.8 Å². The van der Waals surface area contributed by atoms with Gasteiger partial charge in [-0.2, -0.15) is 0 Å². The topological polar surface area (TPSA) is 61.4 Å². The lowest BCUT2D eigenvalue weighted by Crippen LogP contribution is -2.43. The summed E-state index contributed by atoms with van der Waals surface area (Å²) in [4.78, 5) is 26.6. The second-order valence-corrected chi connectivity index (χ2v) is 6.58. The number of nitrogens with zero attached hydrogens (tertiary/aromatic N) is 1. The highest BCUT2D eigenvalue weighted by molar-refractivity contribution is 6.02. The van der Waals surface area contributed by atoms with Crippen molar-refractivity contribution in [3.8, 4) is 0 Å². The zero-order valence-electron chi connectivity index (χ0n) is 14.8. The van der Waals surface area contributed by atoms with Gasteiger partial charge in [0.25, 0.3) is 0 Å². The van der Waals surface area contributed by atoms with E-state index in [4.69, 9.17) is 0 Å². The first kappa shape index (κ1) is 17.0. The van der Waals surface area contributed by atoms with Gasteiger partial charge < -0.3 is 15.5 Å². The summed E-state index contributed by atoms with van der Waals surface area (Å²) >= 11 is 0. The van der Waals surface area contributed by atoms with Crippen LogP contribution in [-0.2, 0) is 4.79 Å². The molecule has 0 aromatic heterocycles. The molecular formula is C20H23N3O2. The van der Waals surface area contributed by atoms with Crippen molar-refractivity contribution in [1.29, 1.82) is 0 Å². The van der Waals surface area contributed by atoms with E-state index >= 15 is 0 Å². The molecule has 1 aliphatic heterocycles. The molecule has 3 amide bonds. The SMILES string of the molecule is Cc1ccc(N2CC[C@H](NC(=O)Nc3cc(C)ccc3C)C2=O)cc1.